The van der Waals surface area contributed by atoms with Crippen LogP contribution in [0.15, 0.2) is 29.3 Å². The average Bonchev–Trinajstić information content (AvgIpc) is 2.71. The maximum Gasteiger partial charge on any atom is 0.217 e. The van der Waals surface area contributed by atoms with Crippen molar-refractivity contribution in [2.24, 2.45) is 16.6 Å². The number of benzene rings is 1. The molecule has 1 aromatic carbocycles. The summed E-state index contributed by atoms with van der Waals surface area (Å²) in [6.07, 6.45) is 3.10. The lowest BCUT2D eigenvalue weighted by Crippen LogP contribution is -2.47. The number of carbonyl (C=O) groups excluding carboxylic acids is 1. The maximum absolute atomic E-state index is 11.4. The topological polar surface area (TPSA) is 83.2 Å². The number of amides is 1. The first-order valence-electron chi connectivity index (χ1n) is 11.7. The third kappa shape index (κ3) is 8.19. The summed E-state index contributed by atoms with van der Waals surface area (Å²) in [6.45, 7) is 12.5. The molecule has 3 N–H and O–H groups in total. The molecule has 180 valence electrons. The fourth-order valence-electron chi connectivity index (χ4n) is 4.81. The highest BCUT2D eigenvalue weighted by atomic mass is 127. The van der Waals surface area contributed by atoms with Crippen LogP contribution in [-0.2, 0) is 22.6 Å². The van der Waals surface area contributed by atoms with Crippen molar-refractivity contribution in [2.75, 3.05) is 32.7 Å². The van der Waals surface area contributed by atoms with Crippen molar-refractivity contribution in [3.05, 3.63) is 35.4 Å². The first kappa shape index (κ1) is 26.9. The van der Waals surface area contributed by atoms with Crippen molar-refractivity contribution in [1.82, 2.24) is 15.1 Å². The van der Waals surface area contributed by atoms with E-state index < -0.39 is 0 Å². The number of halogens is 1. The van der Waals surface area contributed by atoms with Crippen LogP contribution in [0, 0.1) is 5.92 Å². The van der Waals surface area contributed by atoms with Gasteiger partial charge >= 0.3 is 0 Å². The number of carbonyl (C=O) groups is 1. The summed E-state index contributed by atoms with van der Waals surface area (Å²) in [5, 5.41) is 3.44. The second-order valence-electron chi connectivity index (χ2n) is 9.01. The fourth-order valence-corrected chi connectivity index (χ4v) is 4.81. The highest BCUT2D eigenvalue weighted by Crippen LogP contribution is 2.21. The standard InChI is InChI=1S/C24H39N5O2.HI/c1-4-26-24(29-11-7-8-20(16-29)12-23(25)30)27-13-21-9-5-6-10-22(21)17-28-14-18(2)31-19(3)15-28;/h5-6,9-10,18-20H,4,7-8,11-17H2,1-3H3,(H2,25,30)(H,26,27);1H. The predicted molar refractivity (Wildman–Crippen MR) is 140 cm³/mol. The van der Waals surface area contributed by atoms with E-state index >= 15 is 0 Å². The molecule has 32 heavy (non-hydrogen) atoms. The van der Waals surface area contributed by atoms with Gasteiger partial charge in [-0.2, -0.15) is 0 Å². The lowest BCUT2D eigenvalue weighted by atomic mass is 9.95. The fraction of sp³-hybridized carbons (Fsp3) is 0.667. The molecular weight excluding hydrogens is 517 g/mol. The minimum Gasteiger partial charge on any atom is -0.373 e. The monoisotopic (exact) mass is 557 g/mol. The number of piperidine rings is 1. The van der Waals surface area contributed by atoms with Gasteiger partial charge in [0.05, 0.1) is 18.8 Å². The SMILES string of the molecule is CCNC(=NCc1ccccc1CN1CC(C)OC(C)C1)N1CCCC(CC(N)=O)C1.I. The molecule has 1 aromatic rings. The van der Waals surface area contributed by atoms with E-state index in [9.17, 15) is 4.79 Å². The number of hydrogen-bond donors (Lipinski definition) is 2. The van der Waals surface area contributed by atoms with Crippen LogP contribution in [0.4, 0.5) is 0 Å². The van der Waals surface area contributed by atoms with E-state index in [1.54, 1.807) is 0 Å². The van der Waals surface area contributed by atoms with Gasteiger partial charge in [-0.3, -0.25) is 9.69 Å². The van der Waals surface area contributed by atoms with E-state index in [4.69, 9.17) is 15.5 Å². The number of guanidine groups is 1. The molecule has 2 aliphatic rings. The summed E-state index contributed by atoms with van der Waals surface area (Å²) < 4.78 is 5.88. The summed E-state index contributed by atoms with van der Waals surface area (Å²) in [5.74, 6) is 1.03. The third-order valence-corrected chi connectivity index (χ3v) is 6.05. The molecule has 0 radical (unpaired) electrons. The van der Waals surface area contributed by atoms with Gasteiger partial charge in [-0.15, -0.1) is 24.0 Å². The molecule has 3 unspecified atom stereocenters. The van der Waals surface area contributed by atoms with Gasteiger partial charge in [0.1, 0.15) is 0 Å². The quantitative estimate of drug-likeness (QED) is 0.306. The Balaban J connectivity index is 0.00000363. The minimum atomic E-state index is -0.213. The normalized spacial score (nSPS) is 24.7. The lowest BCUT2D eigenvalue weighted by molar-refractivity contribution is -0.119. The zero-order chi connectivity index (χ0) is 22.2. The smallest absolute Gasteiger partial charge is 0.217 e. The highest BCUT2D eigenvalue weighted by Gasteiger charge is 2.24. The third-order valence-electron chi connectivity index (χ3n) is 6.05. The van der Waals surface area contributed by atoms with Crippen molar-refractivity contribution in [1.29, 1.82) is 0 Å². The van der Waals surface area contributed by atoms with Gasteiger partial charge in [0, 0.05) is 45.7 Å². The maximum atomic E-state index is 11.4. The molecule has 0 bridgehead atoms. The van der Waals surface area contributed by atoms with Crippen LogP contribution in [0.2, 0.25) is 0 Å². The predicted octanol–water partition coefficient (Wildman–Crippen LogP) is 2.97. The van der Waals surface area contributed by atoms with Gasteiger partial charge in [-0.25, -0.2) is 4.99 Å². The van der Waals surface area contributed by atoms with Crippen LogP contribution >= 0.6 is 24.0 Å². The first-order valence-corrected chi connectivity index (χ1v) is 11.7. The molecule has 3 rings (SSSR count). The van der Waals surface area contributed by atoms with Gasteiger partial charge in [-0.1, -0.05) is 24.3 Å². The van der Waals surface area contributed by atoms with Crippen LogP contribution in [0.3, 0.4) is 0 Å². The second-order valence-corrected chi connectivity index (χ2v) is 9.01. The van der Waals surface area contributed by atoms with Crippen LogP contribution in [0.1, 0.15) is 51.2 Å². The number of ether oxygens (including phenoxy) is 1. The number of hydrogen-bond acceptors (Lipinski definition) is 4. The molecule has 2 fully saturated rings. The van der Waals surface area contributed by atoms with Gasteiger partial charge < -0.3 is 20.7 Å². The Hall–Kier alpha value is -1.39. The average molecular weight is 558 g/mol. The van der Waals surface area contributed by atoms with Crippen LogP contribution in [0.25, 0.3) is 0 Å². The molecule has 2 saturated heterocycles. The number of nitrogens with zero attached hydrogens (tertiary/aromatic N) is 3. The zero-order valence-corrected chi connectivity index (χ0v) is 22.1. The molecule has 1 amide bonds. The second kappa shape index (κ2) is 13.3. The molecule has 8 heteroatoms. The van der Waals surface area contributed by atoms with E-state index in [-0.39, 0.29) is 42.1 Å². The number of aliphatic imine (C=N–C) groups is 1. The first-order chi connectivity index (χ1) is 14.9. The number of morpholine rings is 1. The highest BCUT2D eigenvalue weighted by molar-refractivity contribution is 14.0. The molecule has 2 aliphatic heterocycles. The van der Waals surface area contributed by atoms with Crippen molar-refractivity contribution < 1.29 is 9.53 Å². The molecule has 0 aromatic heterocycles. The summed E-state index contributed by atoms with van der Waals surface area (Å²) in [5.41, 5.74) is 8.02. The Labute approximate surface area is 210 Å². The minimum absolute atomic E-state index is 0. The van der Waals surface area contributed by atoms with E-state index in [1.165, 1.54) is 11.1 Å². The molecule has 0 spiro atoms. The Morgan fingerprint density at radius 3 is 2.53 bits per heavy atom. The van der Waals surface area contributed by atoms with Gasteiger partial charge in [0.25, 0.3) is 0 Å². The van der Waals surface area contributed by atoms with Crippen molar-refractivity contribution in [2.45, 2.75) is 65.3 Å². The molecular formula is C24H40IN5O2. The molecule has 7 nitrogen and oxygen atoms in total. The van der Waals surface area contributed by atoms with E-state index in [1.807, 2.05) is 0 Å². The number of primary amides is 1. The van der Waals surface area contributed by atoms with Gasteiger partial charge in [-0.05, 0) is 50.7 Å². The van der Waals surface area contributed by atoms with Crippen molar-refractivity contribution in [3.63, 3.8) is 0 Å². The van der Waals surface area contributed by atoms with Crippen molar-refractivity contribution in [3.8, 4) is 0 Å². The van der Waals surface area contributed by atoms with Gasteiger partial charge in [0.15, 0.2) is 5.96 Å². The largest absolute Gasteiger partial charge is 0.373 e. The lowest BCUT2D eigenvalue weighted by Gasteiger charge is -2.35. The number of nitrogens with two attached hydrogens (primary N) is 1. The van der Waals surface area contributed by atoms with Crippen LogP contribution < -0.4 is 11.1 Å². The van der Waals surface area contributed by atoms with E-state index in [0.717, 1.165) is 58.1 Å². The van der Waals surface area contributed by atoms with Crippen molar-refractivity contribution >= 4 is 35.8 Å². The molecule has 2 heterocycles. The summed E-state index contributed by atoms with van der Waals surface area (Å²) in [6, 6.07) is 8.60. The number of nitrogens with one attached hydrogen (secondary N) is 1. The Morgan fingerprint density at radius 2 is 1.88 bits per heavy atom. The van der Waals surface area contributed by atoms with E-state index in [2.05, 4.69) is 60.2 Å². The van der Waals surface area contributed by atoms with Crippen LogP contribution in [-0.4, -0.2) is 66.6 Å². The number of likely N-dealkylation sites (tertiary alicyclic amines) is 1. The summed E-state index contributed by atoms with van der Waals surface area (Å²) in [4.78, 5) is 21.1. The number of rotatable bonds is 7. The molecule has 0 aliphatic carbocycles. The Bertz CT molecular complexity index is 750. The molecule has 0 saturated carbocycles. The zero-order valence-electron chi connectivity index (χ0n) is 19.8. The van der Waals surface area contributed by atoms with Gasteiger partial charge in [0.2, 0.25) is 5.91 Å². The summed E-state index contributed by atoms with van der Waals surface area (Å²) in [7, 11) is 0. The Kier molecular flexibility index (Phi) is 11.2. The molecule has 3 atom stereocenters. The van der Waals surface area contributed by atoms with Crippen LogP contribution in [0.5, 0.6) is 0 Å². The van der Waals surface area contributed by atoms with E-state index in [0.29, 0.717) is 18.9 Å². The Morgan fingerprint density at radius 1 is 1.19 bits per heavy atom. The summed E-state index contributed by atoms with van der Waals surface area (Å²) >= 11 is 0.